The number of aryl methyl sites for hydroxylation is 3. The van der Waals surface area contributed by atoms with E-state index in [0.29, 0.717) is 6.42 Å². The molecule has 1 amide bonds. The lowest BCUT2D eigenvalue weighted by atomic mass is 9.89. The molecular formula is C19H22N6O. The summed E-state index contributed by atoms with van der Waals surface area (Å²) >= 11 is 0. The molecule has 0 aliphatic heterocycles. The van der Waals surface area contributed by atoms with Crippen LogP contribution in [0.15, 0.2) is 30.6 Å². The van der Waals surface area contributed by atoms with Crippen molar-refractivity contribution in [3.8, 4) is 5.69 Å². The van der Waals surface area contributed by atoms with Gasteiger partial charge in [0.15, 0.2) is 0 Å². The van der Waals surface area contributed by atoms with Crippen LogP contribution in [0.1, 0.15) is 29.2 Å². The monoisotopic (exact) mass is 350 g/mol. The molecule has 0 saturated carbocycles. The van der Waals surface area contributed by atoms with Crippen LogP contribution >= 0.6 is 0 Å². The normalized spacial score (nSPS) is 16.3. The second kappa shape index (κ2) is 6.40. The molecule has 1 unspecified atom stereocenters. The zero-order valence-electron chi connectivity index (χ0n) is 15.2. The number of carbonyl (C=O) groups excluding carboxylic acids is 1. The average Bonchev–Trinajstić information content (AvgIpc) is 3.18. The second-order valence-corrected chi connectivity index (χ2v) is 6.87. The zero-order valence-corrected chi connectivity index (χ0v) is 15.2. The van der Waals surface area contributed by atoms with E-state index in [9.17, 15) is 4.79 Å². The van der Waals surface area contributed by atoms with Crippen LogP contribution in [0.4, 0.5) is 5.69 Å². The van der Waals surface area contributed by atoms with Crippen molar-refractivity contribution in [1.29, 1.82) is 0 Å². The topological polar surface area (TPSA) is 77.6 Å². The van der Waals surface area contributed by atoms with Crippen molar-refractivity contribution < 1.29 is 4.79 Å². The summed E-state index contributed by atoms with van der Waals surface area (Å²) in [6.07, 6.45) is 4.12. The fourth-order valence-electron chi connectivity index (χ4n) is 3.44. The summed E-state index contributed by atoms with van der Waals surface area (Å²) in [6, 6.07) is 7.85. The number of anilines is 1. The van der Waals surface area contributed by atoms with Crippen molar-refractivity contribution in [2.45, 2.75) is 33.1 Å². The highest BCUT2D eigenvalue weighted by Crippen LogP contribution is 2.25. The van der Waals surface area contributed by atoms with E-state index in [2.05, 4.69) is 20.6 Å². The summed E-state index contributed by atoms with van der Waals surface area (Å²) in [7, 11) is 1.88. The van der Waals surface area contributed by atoms with Gasteiger partial charge in [-0.25, -0.2) is 4.98 Å². The number of rotatable bonds is 3. The van der Waals surface area contributed by atoms with Gasteiger partial charge in [0, 0.05) is 36.5 Å². The third kappa shape index (κ3) is 2.89. The second-order valence-electron chi connectivity index (χ2n) is 6.87. The molecule has 1 atom stereocenters. The van der Waals surface area contributed by atoms with Gasteiger partial charge >= 0.3 is 0 Å². The Morgan fingerprint density at radius 2 is 2.00 bits per heavy atom. The smallest absolute Gasteiger partial charge is 0.227 e. The lowest BCUT2D eigenvalue weighted by Gasteiger charge is -2.21. The predicted octanol–water partition coefficient (Wildman–Crippen LogP) is 2.36. The Morgan fingerprint density at radius 1 is 1.23 bits per heavy atom. The third-order valence-electron chi connectivity index (χ3n) is 5.23. The summed E-state index contributed by atoms with van der Waals surface area (Å²) in [4.78, 5) is 17.0. The molecule has 0 fully saturated rings. The van der Waals surface area contributed by atoms with Crippen LogP contribution in [-0.4, -0.2) is 30.5 Å². The number of fused-ring (bicyclic) bond motifs is 1. The predicted molar refractivity (Wildman–Crippen MR) is 98.2 cm³/mol. The Morgan fingerprint density at radius 3 is 2.69 bits per heavy atom. The third-order valence-corrected chi connectivity index (χ3v) is 5.23. The van der Waals surface area contributed by atoms with Gasteiger partial charge < -0.3 is 9.88 Å². The molecule has 1 aromatic carbocycles. The van der Waals surface area contributed by atoms with Crippen molar-refractivity contribution in [1.82, 2.24) is 24.5 Å². The molecule has 3 aromatic rings. The van der Waals surface area contributed by atoms with Crippen LogP contribution in [0.2, 0.25) is 0 Å². The van der Waals surface area contributed by atoms with E-state index in [1.165, 1.54) is 0 Å². The van der Waals surface area contributed by atoms with Crippen molar-refractivity contribution >= 4 is 11.6 Å². The summed E-state index contributed by atoms with van der Waals surface area (Å²) in [5.41, 5.74) is 6.06. The van der Waals surface area contributed by atoms with Crippen molar-refractivity contribution in [3.05, 3.63) is 53.4 Å². The Hall–Kier alpha value is -2.96. The Bertz CT molecular complexity index is 953. The number of aromatic nitrogens is 5. The first-order chi connectivity index (χ1) is 12.5. The minimum Gasteiger partial charge on any atom is -0.326 e. The molecule has 0 bridgehead atoms. The number of imidazole rings is 1. The van der Waals surface area contributed by atoms with Crippen molar-refractivity contribution in [2.75, 3.05) is 5.32 Å². The maximum Gasteiger partial charge on any atom is 0.227 e. The minimum atomic E-state index is -0.0436. The van der Waals surface area contributed by atoms with Gasteiger partial charge in [-0.05, 0) is 51.0 Å². The summed E-state index contributed by atoms with van der Waals surface area (Å²) in [5, 5.41) is 11.2. The first kappa shape index (κ1) is 16.5. The molecule has 0 radical (unpaired) electrons. The number of hydrogen-bond acceptors (Lipinski definition) is 4. The molecule has 2 heterocycles. The van der Waals surface area contributed by atoms with Gasteiger partial charge in [-0.3, -0.25) is 9.48 Å². The number of nitrogens with one attached hydrogen (secondary N) is 1. The Balaban J connectivity index is 1.45. The highest BCUT2D eigenvalue weighted by Gasteiger charge is 2.28. The molecule has 0 saturated heterocycles. The van der Waals surface area contributed by atoms with Crippen LogP contribution in [0.5, 0.6) is 0 Å². The van der Waals surface area contributed by atoms with Gasteiger partial charge in [0.1, 0.15) is 0 Å². The fraction of sp³-hybridized carbons (Fsp3) is 0.368. The summed E-state index contributed by atoms with van der Waals surface area (Å²) in [6.45, 7) is 4.04. The van der Waals surface area contributed by atoms with Crippen molar-refractivity contribution in [3.63, 3.8) is 0 Å². The van der Waals surface area contributed by atoms with Gasteiger partial charge in [0.2, 0.25) is 5.91 Å². The summed E-state index contributed by atoms with van der Waals surface area (Å²) < 4.78 is 3.82. The lowest BCUT2D eigenvalue weighted by Crippen LogP contribution is -2.29. The number of hydrogen-bond donors (Lipinski definition) is 1. The lowest BCUT2D eigenvalue weighted by molar-refractivity contribution is -0.120. The quantitative estimate of drug-likeness (QED) is 0.787. The van der Waals surface area contributed by atoms with Crippen molar-refractivity contribution in [2.24, 2.45) is 13.0 Å². The molecule has 4 rings (SSSR count). The largest absolute Gasteiger partial charge is 0.326 e. The summed E-state index contributed by atoms with van der Waals surface area (Å²) in [5.74, 6) is 0.0113. The highest BCUT2D eigenvalue weighted by atomic mass is 16.1. The van der Waals surface area contributed by atoms with Gasteiger partial charge in [-0.1, -0.05) is 5.21 Å². The van der Waals surface area contributed by atoms with Crippen LogP contribution in [0.25, 0.3) is 5.69 Å². The van der Waals surface area contributed by atoms with E-state index in [1.54, 1.807) is 4.68 Å². The number of carbonyl (C=O) groups is 1. The Labute approximate surface area is 152 Å². The number of nitrogens with zero attached hydrogens (tertiary/aromatic N) is 5. The van der Waals surface area contributed by atoms with E-state index in [4.69, 9.17) is 0 Å². The van der Waals surface area contributed by atoms with Crippen LogP contribution in [0.3, 0.4) is 0 Å². The van der Waals surface area contributed by atoms with E-state index < -0.39 is 0 Å². The number of benzene rings is 1. The van der Waals surface area contributed by atoms with E-state index in [0.717, 1.165) is 47.0 Å². The van der Waals surface area contributed by atoms with E-state index in [-0.39, 0.29) is 11.8 Å². The van der Waals surface area contributed by atoms with Gasteiger partial charge in [0.05, 0.1) is 23.4 Å². The maximum absolute atomic E-state index is 12.6. The van der Waals surface area contributed by atoms with Crippen LogP contribution < -0.4 is 5.32 Å². The molecule has 26 heavy (non-hydrogen) atoms. The molecule has 1 N–H and O–H groups in total. The fourth-order valence-corrected chi connectivity index (χ4v) is 3.44. The Kier molecular flexibility index (Phi) is 4.06. The molecule has 134 valence electrons. The maximum atomic E-state index is 12.6. The highest BCUT2D eigenvalue weighted by molar-refractivity contribution is 5.92. The molecule has 2 aromatic heterocycles. The SMILES string of the molecule is Cc1ncn(-c2ccc(NC(=O)C3CCc4nnn(C)c4C3)cc2)c1C. The molecule has 7 heteroatoms. The molecule has 7 nitrogen and oxygen atoms in total. The first-order valence-corrected chi connectivity index (χ1v) is 8.82. The zero-order chi connectivity index (χ0) is 18.3. The first-order valence-electron chi connectivity index (χ1n) is 8.82. The molecule has 1 aliphatic rings. The molecular weight excluding hydrogens is 328 g/mol. The molecule has 0 spiro atoms. The van der Waals surface area contributed by atoms with Crippen LogP contribution in [-0.2, 0) is 24.7 Å². The van der Waals surface area contributed by atoms with E-state index >= 15 is 0 Å². The number of amides is 1. The van der Waals surface area contributed by atoms with E-state index in [1.807, 2.05) is 56.1 Å². The van der Waals surface area contributed by atoms with Gasteiger partial charge in [0.25, 0.3) is 0 Å². The van der Waals surface area contributed by atoms with Gasteiger partial charge in [-0.2, -0.15) is 0 Å². The average molecular weight is 350 g/mol. The van der Waals surface area contributed by atoms with Gasteiger partial charge in [-0.15, -0.1) is 5.10 Å². The minimum absolute atomic E-state index is 0.0436. The molecule has 1 aliphatic carbocycles. The van der Waals surface area contributed by atoms with Crippen LogP contribution in [0, 0.1) is 19.8 Å². The standard InChI is InChI=1S/C19H22N6O/c1-12-13(2)25(11-20-12)16-7-5-15(6-8-16)21-19(26)14-4-9-17-18(10-14)24(3)23-22-17/h5-8,11,14H,4,9-10H2,1-3H3,(H,21,26).